The first-order valence-corrected chi connectivity index (χ1v) is 13.6. The minimum Gasteiger partial charge on any atom is -0.385 e. The van der Waals surface area contributed by atoms with E-state index in [1.54, 1.807) is 24.7 Å². The fraction of sp³-hybridized carbons (Fsp3) is 0.538. The van der Waals surface area contributed by atoms with Crippen molar-refractivity contribution in [1.29, 1.82) is 0 Å². The number of anilines is 1. The smallest absolute Gasteiger partial charge is 0.327 e. The molecular formula is C26H33FN4O5S. The summed E-state index contributed by atoms with van der Waals surface area (Å²) in [5.74, 6) is -1.10. The summed E-state index contributed by atoms with van der Waals surface area (Å²) in [4.78, 5) is 54.4. The van der Waals surface area contributed by atoms with Gasteiger partial charge >= 0.3 is 6.03 Å². The van der Waals surface area contributed by atoms with Gasteiger partial charge in [-0.1, -0.05) is 12.1 Å². The Kier molecular flexibility index (Phi) is 9.20. The van der Waals surface area contributed by atoms with E-state index >= 15 is 0 Å². The Hall–Kier alpha value is -2.92. The average Bonchev–Trinajstić information content (AvgIpc) is 3.37. The molecule has 1 aromatic rings. The van der Waals surface area contributed by atoms with E-state index in [0.717, 1.165) is 19.3 Å². The van der Waals surface area contributed by atoms with Crippen molar-refractivity contribution in [3.63, 3.8) is 0 Å². The van der Waals surface area contributed by atoms with Gasteiger partial charge in [0.05, 0.1) is 6.04 Å². The zero-order chi connectivity index (χ0) is 26.4. The van der Waals surface area contributed by atoms with Crippen LogP contribution in [0.1, 0.15) is 32.1 Å². The van der Waals surface area contributed by atoms with Gasteiger partial charge in [-0.3, -0.25) is 19.3 Å². The number of nitrogens with zero attached hydrogens (tertiary/aromatic N) is 2. The molecule has 5 amide bonds. The number of imide groups is 1. The Labute approximate surface area is 220 Å². The molecule has 0 radical (unpaired) electrons. The van der Waals surface area contributed by atoms with Gasteiger partial charge in [-0.25, -0.2) is 9.18 Å². The molecule has 1 saturated heterocycles. The summed E-state index contributed by atoms with van der Waals surface area (Å²) in [6.45, 7) is 1.21. The van der Waals surface area contributed by atoms with Crippen LogP contribution in [-0.4, -0.2) is 78.2 Å². The van der Waals surface area contributed by atoms with Crippen molar-refractivity contribution in [3.05, 3.63) is 41.6 Å². The largest absolute Gasteiger partial charge is 0.385 e. The van der Waals surface area contributed by atoms with Crippen molar-refractivity contribution in [1.82, 2.24) is 15.1 Å². The number of methoxy groups -OCH3 is 1. The lowest BCUT2D eigenvalue weighted by Gasteiger charge is -2.42. The Bertz CT molecular complexity index is 1050. The molecule has 11 heteroatoms. The van der Waals surface area contributed by atoms with Crippen LogP contribution < -0.4 is 10.6 Å². The third kappa shape index (κ3) is 6.70. The van der Waals surface area contributed by atoms with Crippen LogP contribution in [0.2, 0.25) is 0 Å². The number of benzene rings is 1. The second kappa shape index (κ2) is 12.6. The number of ether oxygens (including phenoxy) is 1. The zero-order valence-corrected chi connectivity index (χ0v) is 21.7. The van der Waals surface area contributed by atoms with Crippen LogP contribution >= 0.6 is 11.8 Å². The van der Waals surface area contributed by atoms with E-state index in [1.807, 2.05) is 0 Å². The quantitative estimate of drug-likeness (QED) is 0.449. The number of hydrogen-bond acceptors (Lipinski definition) is 6. The summed E-state index contributed by atoms with van der Waals surface area (Å²) in [7, 11) is 1.63. The number of halogens is 1. The van der Waals surface area contributed by atoms with Gasteiger partial charge in [0, 0.05) is 38.4 Å². The van der Waals surface area contributed by atoms with Crippen LogP contribution in [0.5, 0.6) is 0 Å². The van der Waals surface area contributed by atoms with E-state index in [9.17, 15) is 23.6 Å². The van der Waals surface area contributed by atoms with Gasteiger partial charge in [-0.15, -0.1) is 11.8 Å². The highest BCUT2D eigenvalue weighted by Gasteiger charge is 2.48. The van der Waals surface area contributed by atoms with Gasteiger partial charge in [0.1, 0.15) is 17.6 Å². The SMILES string of the molecule is COCCCNC(=O)C1CCC(CN2C(=O)C3SC=CC3N(CC(=O)Nc3cccc(F)c3)C2=O)CC1. The third-order valence-electron chi connectivity index (χ3n) is 7.06. The number of nitrogens with one attached hydrogen (secondary N) is 2. The zero-order valence-electron chi connectivity index (χ0n) is 20.9. The first-order valence-electron chi connectivity index (χ1n) is 12.6. The summed E-state index contributed by atoms with van der Waals surface area (Å²) in [6, 6.07) is 4.54. The molecule has 2 heterocycles. The van der Waals surface area contributed by atoms with Gasteiger partial charge in [0.25, 0.3) is 0 Å². The van der Waals surface area contributed by atoms with Crippen molar-refractivity contribution >= 4 is 41.2 Å². The summed E-state index contributed by atoms with van der Waals surface area (Å²) in [5.41, 5.74) is 0.301. The van der Waals surface area contributed by atoms with Crippen molar-refractivity contribution in [2.24, 2.45) is 11.8 Å². The number of hydrogen-bond donors (Lipinski definition) is 2. The molecule has 1 aliphatic carbocycles. The maximum atomic E-state index is 13.5. The Morgan fingerprint density at radius 1 is 1.19 bits per heavy atom. The maximum Gasteiger partial charge on any atom is 0.327 e. The van der Waals surface area contributed by atoms with E-state index in [2.05, 4.69) is 10.6 Å². The van der Waals surface area contributed by atoms with E-state index in [1.165, 1.54) is 39.8 Å². The molecule has 2 unspecified atom stereocenters. The summed E-state index contributed by atoms with van der Waals surface area (Å²) >= 11 is 1.35. The predicted molar refractivity (Wildman–Crippen MR) is 138 cm³/mol. The van der Waals surface area contributed by atoms with E-state index in [4.69, 9.17) is 4.74 Å². The standard InChI is InChI=1S/C26H33FN4O5S/c1-36-12-3-11-28-24(33)18-8-6-17(7-9-18)15-31-25(34)23-21(10-13-37-23)30(26(31)35)16-22(32)29-20-5-2-4-19(27)14-20/h2,4-5,10,13-14,17-18,21,23H,3,6-9,11-12,15-16H2,1H3,(H,28,33)(H,29,32). The number of carbonyl (C=O) groups excluding carboxylic acids is 4. The first-order chi connectivity index (χ1) is 17.9. The molecule has 1 saturated carbocycles. The fourth-order valence-electron chi connectivity index (χ4n) is 5.09. The number of urea groups is 1. The topological polar surface area (TPSA) is 108 Å². The highest BCUT2D eigenvalue weighted by Crippen LogP contribution is 2.36. The van der Waals surface area contributed by atoms with E-state index in [-0.39, 0.29) is 36.7 Å². The lowest BCUT2D eigenvalue weighted by atomic mass is 9.81. The van der Waals surface area contributed by atoms with Crippen LogP contribution in [0, 0.1) is 17.7 Å². The fourth-order valence-corrected chi connectivity index (χ4v) is 6.16. The molecule has 200 valence electrons. The van der Waals surface area contributed by atoms with Crippen LogP contribution in [-0.2, 0) is 19.1 Å². The normalized spacial score (nSPS) is 25.2. The second-order valence-electron chi connectivity index (χ2n) is 9.65. The van der Waals surface area contributed by atoms with Gasteiger partial charge in [0.15, 0.2) is 0 Å². The minimum absolute atomic E-state index is 0.0476. The van der Waals surface area contributed by atoms with Crippen LogP contribution in [0.4, 0.5) is 14.9 Å². The lowest BCUT2D eigenvalue weighted by Crippen LogP contribution is -2.63. The molecule has 4 rings (SSSR count). The van der Waals surface area contributed by atoms with Crippen molar-refractivity contribution in [2.75, 3.05) is 38.7 Å². The number of fused-ring (bicyclic) bond motifs is 1. The number of carbonyl (C=O) groups is 4. The molecule has 0 aromatic heterocycles. The van der Waals surface area contributed by atoms with Crippen molar-refractivity contribution in [2.45, 2.75) is 43.4 Å². The molecule has 2 atom stereocenters. The summed E-state index contributed by atoms with van der Waals surface area (Å²) < 4.78 is 18.5. The van der Waals surface area contributed by atoms with E-state index in [0.29, 0.717) is 31.7 Å². The molecule has 0 bridgehead atoms. The van der Waals surface area contributed by atoms with Crippen LogP contribution in [0.15, 0.2) is 35.7 Å². The van der Waals surface area contributed by atoms with Crippen molar-refractivity contribution < 1.29 is 28.3 Å². The van der Waals surface area contributed by atoms with Gasteiger partial charge in [0.2, 0.25) is 17.7 Å². The van der Waals surface area contributed by atoms with E-state index < -0.39 is 29.0 Å². The predicted octanol–water partition coefficient (Wildman–Crippen LogP) is 2.99. The number of amides is 5. The van der Waals surface area contributed by atoms with Crippen molar-refractivity contribution in [3.8, 4) is 0 Å². The molecule has 9 nitrogen and oxygen atoms in total. The van der Waals surface area contributed by atoms with Crippen LogP contribution in [0.25, 0.3) is 0 Å². The molecule has 2 fully saturated rings. The number of thioether (sulfide) groups is 1. The Morgan fingerprint density at radius 2 is 1.97 bits per heavy atom. The highest BCUT2D eigenvalue weighted by molar-refractivity contribution is 8.03. The molecule has 0 spiro atoms. The molecular weight excluding hydrogens is 499 g/mol. The lowest BCUT2D eigenvalue weighted by molar-refractivity contribution is -0.133. The third-order valence-corrected chi connectivity index (χ3v) is 8.15. The maximum absolute atomic E-state index is 13.5. The number of rotatable bonds is 10. The molecule has 3 aliphatic rings. The Balaban J connectivity index is 1.34. The van der Waals surface area contributed by atoms with Gasteiger partial charge in [-0.05, 0) is 61.6 Å². The molecule has 1 aromatic carbocycles. The summed E-state index contributed by atoms with van der Waals surface area (Å²) in [5, 5.41) is 6.88. The highest BCUT2D eigenvalue weighted by atomic mass is 32.2. The van der Waals surface area contributed by atoms with Gasteiger partial charge in [-0.2, -0.15) is 0 Å². The first kappa shape index (κ1) is 27.1. The average molecular weight is 533 g/mol. The van der Waals surface area contributed by atoms with Crippen LogP contribution in [0.3, 0.4) is 0 Å². The minimum atomic E-state index is -0.503. The molecule has 2 aliphatic heterocycles. The molecule has 2 N–H and O–H groups in total. The summed E-state index contributed by atoms with van der Waals surface area (Å²) in [6.07, 6.45) is 5.44. The monoisotopic (exact) mass is 532 g/mol. The molecule has 37 heavy (non-hydrogen) atoms. The Morgan fingerprint density at radius 3 is 2.70 bits per heavy atom. The second-order valence-corrected chi connectivity index (χ2v) is 10.7. The van der Waals surface area contributed by atoms with Gasteiger partial charge < -0.3 is 20.3 Å².